The number of carbonyl (C=O) groups is 2. The van der Waals surface area contributed by atoms with Gasteiger partial charge in [0.05, 0.1) is 40.1 Å². The SMILES string of the molecule is COCCN1C(=O)C(Nc2cc(OC)cc(OC)c2)=C(c2ccc(OC)cc2)C1=O. The minimum Gasteiger partial charge on any atom is -0.497 e. The van der Waals surface area contributed by atoms with Crippen molar-refractivity contribution in [3.63, 3.8) is 0 Å². The fraction of sp³-hybridized carbons (Fsp3) is 0.273. The largest absolute Gasteiger partial charge is 0.497 e. The van der Waals surface area contributed by atoms with E-state index in [2.05, 4.69) is 5.32 Å². The van der Waals surface area contributed by atoms with E-state index in [1.807, 2.05) is 0 Å². The Hall–Kier alpha value is -3.52. The summed E-state index contributed by atoms with van der Waals surface area (Å²) in [5, 5.41) is 3.09. The maximum absolute atomic E-state index is 13.1. The maximum Gasteiger partial charge on any atom is 0.278 e. The number of rotatable bonds is 9. The first-order valence-corrected chi connectivity index (χ1v) is 9.26. The zero-order valence-corrected chi connectivity index (χ0v) is 17.4. The van der Waals surface area contributed by atoms with Gasteiger partial charge in [-0.1, -0.05) is 12.1 Å². The van der Waals surface area contributed by atoms with Crippen molar-refractivity contribution in [2.75, 3.05) is 46.9 Å². The fourth-order valence-electron chi connectivity index (χ4n) is 3.13. The van der Waals surface area contributed by atoms with Crippen LogP contribution in [0.5, 0.6) is 17.2 Å². The van der Waals surface area contributed by atoms with E-state index in [-0.39, 0.29) is 30.3 Å². The van der Waals surface area contributed by atoms with Gasteiger partial charge in [0.15, 0.2) is 0 Å². The molecule has 3 rings (SSSR count). The molecule has 0 saturated carbocycles. The predicted molar refractivity (Wildman–Crippen MR) is 112 cm³/mol. The molecule has 2 amide bonds. The number of imide groups is 1. The molecule has 0 aliphatic carbocycles. The second kappa shape index (κ2) is 9.32. The van der Waals surface area contributed by atoms with Crippen molar-refractivity contribution < 1.29 is 28.5 Å². The van der Waals surface area contributed by atoms with Crippen molar-refractivity contribution >= 4 is 23.1 Å². The molecule has 158 valence electrons. The number of hydrogen-bond donors (Lipinski definition) is 1. The smallest absolute Gasteiger partial charge is 0.278 e. The first kappa shape index (κ1) is 21.2. The summed E-state index contributed by atoms with van der Waals surface area (Å²) in [4.78, 5) is 27.3. The lowest BCUT2D eigenvalue weighted by Crippen LogP contribution is -2.35. The topological polar surface area (TPSA) is 86.3 Å². The van der Waals surface area contributed by atoms with Crippen LogP contribution in [0, 0.1) is 0 Å². The standard InChI is InChI=1S/C22H24N2O6/c1-27-10-9-24-21(25)19(14-5-7-16(28-2)8-6-14)20(22(24)26)23-15-11-17(29-3)13-18(12-15)30-4/h5-8,11-13,23H,9-10H2,1-4H3. The molecular weight excluding hydrogens is 388 g/mol. The molecule has 1 aliphatic heterocycles. The summed E-state index contributed by atoms with van der Waals surface area (Å²) in [6.07, 6.45) is 0. The monoisotopic (exact) mass is 412 g/mol. The normalized spacial score (nSPS) is 13.7. The highest BCUT2D eigenvalue weighted by Gasteiger charge is 2.39. The number of nitrogens with one attached hydrogen (secondary N) is 1. The van der Waals surface area contributed by atoms with Crippen LogP contribution in [0.15, 0.2) is 48.2 Å². The second-order valence-electron chi connectivity index (χ2n) is 6.46. The van der Waals surface area contributed by atoms with Gasteiger partial charge in [0, 0.05) is 31.0 Å². The second-order valence-corrected chi connectivity index (χ2v) is 6.46. The molecule has 30 heavy (non-hydrogen) atoms. The van der Waals surface area contributed by atoms with E-state index < -0.39 is 5.91 Å². The van der Waals surface area contributed by atoms with E-state index in [0.717, 1.165) is 0 Å². The van der Waals surface area contributed by atoms with Gasteiger partial charge in [-0.25, -0.2) is 0 Å². The quantitative estimate of drug-likeness (QED) is 0.634. The summed E-state index contributed by atoms with van der Waals surface area (Å²) >= 11 is 0. The Labute approximate surface area is 175 Å². The van der Waals surface area contributed by atoms with Crippen molar-refractivity contribution in [3.05, 3.63) is 53.7 Å². The lowest BCUT2D eigenvalue weighted by molar-refractivity contribution is -0.137. The number of ether oxygens (including phenoxy) is 4. The van der Waals surface area contributed by atoms with Crippen molar-refractivity contribution in [2.45, 2.75) is 0 Å². The Morgan fingerprint density at radius 3 is 1.93 bits per heavy atom. The Morgan fingerprint density at radius 2 is 1.40 bits per heavy atom. The van der Waals surface area contributed by atoms with Crippen LogP contribution in [0.1, 0.15) is 5.56 Å². The van der Waals surface area contributed by atoms with Crippen molar-refractivity contribution in [1.82, 2.24) is 4.90 Å². The molecule has 0 bridgehead atoms. The number of amides is 2. The number of methoxy groups -OCH3 is 4. The highest BCUT2D eigenvalue weighted by atomic mass is 16.5. The van der Waals surface area contributed by atoms with E-state index >= 15 is 0 Å². The summed E-state index contributed by atoms with van der Waals surface area (Å²) in [5.41, 5.74) is 1.62. The average Bonchev–Trinajstić information content (AvgIpc) is 3.01. The van der Waals surface area contributed by atoms with Crippen LogP contribution in [0.2, 0.25) is 0 Å². The third-order valence-corrected chi connectivity index (χ3v) is 4.69. The van der Waals surface area contributed by atoms with Crippen LogP contribution in [0.4, 0.5) is 5.69 Å². The molecular formula is C22H24N2O6. The van der Waals surface area contributed by atoms with Crippen LogP contribution < -0.4 is 19.5 Å². The van der Waals surface area contributed by atoms with Crippen LogP contribution in [0.3, 0.4) is 0 Å². The van der Waals surface area contributed by atoms with Gasteiger partial charge in [0.2, 0.25) is 0 Å². The highest BCUT2D eigenvalue weighted by Crippen LogP contribution is 2.33. The van der Waals surface area contributed by atoms with Crippen LogP contribution >= 0.6 is 0 Å². The number of anilines is 1. The van der Waals surface area contributed by atoms with E-state index in [1.54, 1.807) is 49.6 Å². The number of carbonyl (C=O) groups excluding carboxylic acids is 2. The molecule has 0 unspecified atom stereocenters. The van der Waals surface area contributed by atoms with Gasteiger partial charge in [-0.05, 0) is 17.7 Å². The van der Waals surface area contributed by atoms with E-state index in [4.69, 9.17) is 18.9 Å². The van der Waals surface area contributed by atoms with Gasteiger partial charge in [-0.2, -0.15) is 0 Å². The fourth-order valence-corrected chi connectivity index (χ4v) is 3.13. The summed E-state index contributed by atoms with van der Waals surface area (Å²) in [7, 11) is 6.16. The Bertz CT molecular complexity index is 946. The Morgan fingerprint density at radius 1 is 0.800 bits per heavy atom. The Kier molecular flexibility index (Phi) is 6.58. The van der Waals surface area contributed by atoms with Gasteiger partial charge in [-0.3, -0.25) is 14.5 Å². The molecule has 0 radical (unpaired) electrons. The molecule has 2 aromatic rings. The molecule has 0 fully saturated rings. The zero-order valence-electron chi connectivity index (χ0n) is 17.4. The zero-order chi connectivity index (χ0) is 21.7. The van der Waals surface area contributed by atoms with E-state index in [0.29, 0.717) is 28.5 Å². The molecule has 0 aromatic heterocycles. The first-order chi connectivity index (χ1) is 14.5. The van der Waals surface area contributed by atoms with Crippen molar-refractivity contribution in [3.8, 4) is 17.2 Å². The number of nitrogens with zero attached hydrogens (tertiary/aromatic N) is 1. The number of hydrogen-bond acceptors (Lipinski definition) is 7. The summed E-state index contributed by atoms with van der Waals surface area (Å²) < 4.78 is 20.8. The lowest BCUT2D eigenvalue weighted by Gasteiger charge is -2.15. The maximum atomic E-state index is 13.1. The molecule has 8 nitrogen and oxygen atoms in total. The van der Waals surface area contributed by atoms with Gasteiger partial charge in [0.1, 0.15) is 22.9 Å². The summed E-state index contributed by atoms with van der Waals surface area (Å²) in [6.45, 7) is 0.397. The molecule has 0 saturated heterocycles. The van der Waals surface area contributed by atoms with Gasteiger partial charge in [-0.15, -0.1) is 0 Å². The van der Waals surface area contributed by atoms with E-state index in [1.165, 1.54) is 26.2 Å². The van der Waals surface area contributed by atoms with Crippen molar-refractivity contribution in [1.29, 1.82) is 0 Å². The summed E-state index contributed by atoms with van der Waals surface area (Å²) in [6, 6.07) is 12.1. The molecule has 1 aliphatic rings. The van der Waals surface area contributed by atoms with Crippen molar-refractivity contribution in [2.24, 2.45) is 0 Å². The van der Waals surface area contributed by atoms with Gasteiger partial charge in [0.25, 0.3) is 11.8 Å². The third-order valence-electron chi connectivity index (χ3n) is 4.69. The highest BCUT2D eigenvalue weighted by molar-refractivity contribution is 6.36. The van der Waals surface area contributed by atoms with Crippen LogP contribution in [-0.2, 0) is 14.3 Å². The minimum absolute atomic E-state index is 0.153. The molecule has 8 heteroatoms. The third kappa shape index (κ3) is 4.23. The van der Waals surface area contributed by atoms with E-state index in [9.17, 15) is 9.59 Å². The molecule has 1 N–H and O–H groups in total. The average molecular weight is 412 g/mol. The Balaban J connectivity index is 2.05. The predicted octanol–water partition coefficient (Wildman–Crippen LogP) is 2.55. The minimum atomic E-state index is -0.426. The molecule has 0 atom stereocenters. The van der Waals surface area contributed by atoms with Crippen LogP contribution in [0.25, 0.3) is 5.57 Å². The van der Waals surface area contributed by atoms with Gasteiger partial charge >= 0.3 is 0 Å². The lowest BCUT2D eigenvalue weighted by atomic mass is 10.0. The first-order valence-electron chi connectivity index (χ1n) is 9.26. The molecule has 0 spiro atoms. The number of benzene rings is 2. The van der Waals surface area contributed by atoms with Crippen LogP contribution in [-0.4, -0.2) is 58.3 Å². The molecule has 1 heterocycles. The molecule has 2 aromatic carbocycles. The summed E-state index contributed by atoms with van der Waals surface area (Å²) in [5.74, 6) is 0.941. The van der Waals surface area contributed by atoms with Gasteiger partial charge < -0.3 is 24.3 Å².